The zero-order chi connectivity index (χ0) is 24.0. The van der Waals surface area contributed by atoms with Gasteiger partial charge in [-0.05, 0) is 19.3 Å². The van der Waals surface area contributed by atoms with Crippen molar-refractivity contribution >= 4 is 28.8 Å². The van der Waals surface area contributed by atoms with Gasteiger partial charge < -0.3 is 4.52 Å². The Kier molecular flexibility index (Phi) is 22.3. The summed E-state index contributed by atoms with van der Waals surface area (Å²) < 4.78 is 43.7. The van der Waals surface area contributed by atoms with E-state index in [1.807, 2.05) is 0 Å². The summed E-state index contributed by atoms with van der Waals surface area (Å²) in [5.41, 5.74) is 0. The van der Waals surface area contributed by atoms with Crippen molar-refractivity contribution in [1.29, 1.82) is 0 Å². The van der Waals surface area contributed by atoms with Gasteiger partial charge in [0.25, 0.3) is 6.57 Å². The first-order valence-electron chi connectivity index (χ1n) is 13.3. The van der Waals surface area contributed by atoms with Crippen LogP contribution in [0, 0.1) is 0 Å². The Morgan fingerprint density at radius 2 is 1.12 bits per heavy atom. The fourth-order valence-electron chi connectivity index (χ4n) is 3.67. The van der Waals surface area contributed by atoms with Crippen LogP contribution in [0.15, 0.2) is 0 Å². The van der Waals surface area contributed by atoms with Gasteiger partial charge in [-0.25, -0.2) is 13.1 Å². The molecule has 0 aromatic heterocycles. The minimum absolute atomic E-state index is 0.243. The molecule has 0 radical (unpaired) electrons. The SMILES string of the molecule is CCCCCCCCCCCCCCCCS(=O)(=O)NCCCCCCOP(=O)(S)CC. The van der Waals surface area contributed by atoms with Crippen LogP contribution in [0.25, 0.3) is 0 Å². The van der Waals surface area contributed by atoms with E-state index in [0.29, 0.717) is 19.3 Å². The lowest BCUT2D eigenvalue weighted by Crippen LogP contribution is -2.27. The number of hydrogen-bond acceptors (Lipinski definition) is 4. The molecule has 8 heteroatoms. The van der Waals surface area contributed by atoms with E-state index in [1.54, 1.807) is 6.92 Å². The maximum absolute atomic E-state index is 12.1. The molecule has 0 rings (SSSR count). The van der Waals surface area contributed by atoms with Crippen LogP contribution < -0.4 is 4.72 Å². The number of sulfonamides is 1. The second-order valence-corrected chi connectivity index (χ2v) is 14.9. The van der Waals surface area contributed by atoms with Crippen LogP contribution in [0.5, 0.6) is 0 Å². The third kappa shape index (κ3) is 23.6. The lowest BCUT2D eigenvalue weighted by atomic mass is 10.0. The predicted molar refractivity (Wildman–Crippen MR) is 144 cm³/mol. The van der Waals surface area contributed by atoms with E-state index in [-0.39, 0.29) is 5.75 Å². The first-order chi connectivity index (χ1) is 15.3. The highest BCUT2D eigenvalue weighted by Crippen LogP contribution is 2.51. The number of thiol groups is 1. The van der Waals surface area contributed by atoms with Gasteiger partial charge in [0.15, 0.2) is 0 Å². The molecule has 5 nitrogen and oxygen atoms in total. The molecule has 0 fully saturated rings. The minimum atomic E-state index is -3.14. The molecule has 0 saturated carbocycles. The van der Waals surface area contributed by atoms with Gasteiger partial charge in [0.05, 0.1) is 12.4 Å². The van der Waals surface area contributed by atoms with Gasteiger partial charge in [0.1, 0.15) is 0 Å². The quantitative estimate of drug-likeness (QED) is 0.0734. The molecule has 0 saturated heterocycles. The first-order valence-corrected chi connectivity index (χ1v) is 17.9. The molecule has 1 unspecified atom stereocenters. The average molecular weight is 514 g/mol. The van der Waals surface area contributed by atoms with Crippen molar-refractivity contribution in [2.75, 3.05) is 25.1 Å². The standard InChI is InChI=1S/C24H52NO4PS2/c1-3-5-6-7-8-9-10-11-12-13-14-15-18-21-24-32(27,28)25-22-19-16-17-20-23-29-30(26,31)4-2/h25H,3-24H2,1-2H3,(H,26,31). The van der Waals surface area contributed by atoms with E-state index in [4.69, 9.17) is 4.52 Å². The molecule has 0 aliphatic rings. The Labute approximate surface area is 205 Å². The van der Waals surface area contributed by atoms with Gasteiger partial charge >= 0.3 is 0 Å². The zero-order valence-corrected chi connectivity index (χ0v) is 23.6. The zero-order valence-electron chi connectivity index (χ0n) is 21.0. The second-order valence-electron chi connectivity index (χ2n) is 9.01. The summed E-state index contributed by atoms with van der Waals surface area (Å²) in [5.74, 6) is 0.243. The van der Waals surface area contributed by atoms with Crippen molar-refractivity contribution < 1.29 is 17.5 Å². The summed E-state index contributed by atoms with van der Waals surface area (Å²) >= 11 is 4.01. The topological polar surface area (TPSA) is 72.5 Å². The molecule has 0 amide bonds. The Hall–Kier alpha value is 0.450. The summed E-state index contributed by atoms with van der Waals surface area (Å²) in [6.07, 6.45) is 21.8. The maximum Gasteiger partial charge on any atom is 0.254 e. The number of nitrogens with one attached hydrogen (secondary N) is 1. The van der Waals surface area contributed by atoms with E-state index < -0.39 is 16.6 Å². The minimum Gasteiger partial charge on any atom is -0.321 e. The van der Waals surface area contributed by atoms with Gasteiger partial charge in [-0.15, -0.1) is 0 Å². The Morgan fingerprint density at radius 3 is 1.62 bits per heavy atom. The second kappa shape index (κ2) is 21.9. The van der Waals surface area contributed by atoms with Crippen molar-refractivity contribution in [3.63, 3.8) is 0 Å². The number of unbranched alkanes of at least 4 members (excludes halogenated alkanes) is 16. The molecule has 1 atom stereocenters. The van der Waals surface area contributed by atoms with Crippen molar-refractivity contribution in [1.82, 2.24) is 4.72 Å². The van der Waals surface area contributed by atoms with E-state index >= 15 is 0 Å². The Balaban J connectivity index is 3.39. The number of rotatable bonds is 25. The van der Waals surface area contributed by atoms with Crippen LogP contribution in [0.4, 0.5) is 0 Å². The summed E-state index contributed by atoms with van der Waals surface area (Å²) in [6, 6.07) is 0. The Bertz CT molecular complexity index is 558. The van der Waals surface area contributed by atoms with Crippen molar-refractivity contribution in [2.24, 2.45) is 0 Å². The van der Waals surface area contributed by atoms with Gasteiger partial charge in [0.2, 0.25) is 10.0 Å². The molecule has 1 N–H and O–H groups in total. The molecule has 0 bridgehead atoms. The van der Waals surface area contributed by atoms with E-state index in [1.165, 1.54) is 70.6 Å². The van der Waals surface area contributed by atoms with Crippen LogP contribution >= 0.6 is 18.8 Å². The number of hydrogen-bond donors (Lipinski definition) is 2. The van der Waals surface area contributed by atoms with Crippen molar-refractivity contribution in [3.8, 4) is 0 Å². The molecular formula is C24H52NO4PS2. The average Bonchev–Trinajstić information content (AvgIpc) is 2.75. The van der Waals surface area contributed by atoms with Gasteiger partial charge in [-0.1, -0.05) is 122 Å². The third-order valence-electron chi connectivity index (χ3n) is 5.85. The molecular weight excluding hydrogens is 461 g/mol. The fourth-order valence-corrected chi connectivity index (χ4v) is 5.69. The highest BCUT2D eigenvalue weighted by Gasteiger charge is 2.13. The molecule has 194 valence electrons. The van der Waals surface area contributed by atoms with E-state index in [0.717, 1.165) is 44.9 Å². The van der Waals surface area contributed by atoms with Crippen LogP contribution in [-0.4, -0.2) is 33.5 Å². The van der Waals surface area contributed by atoms with Gasteiger partial charge in [0, 0.05) is 12.7 Å². The molecule has 0 aromatic rings. The van der Waals surface area contributed by atoms with E-state index in [9.17, 15) is 13.0 Å². The smallest absolute Gasteiger partial charge is 0.254 e. The summed E-state index contributed by atoms with van der Waals surface area (Å²) in [4.78, 5) is 0. The Morgan fingerprint density at radius 1 is 0.688 bits per heavy atom. The van der Waals surface area contributed by atoms with Crippen LogP contribution in [-0.2, 0) is 19.1 Å². The molecule has 0 aromatic carbocycles. The lowest BCUT2D eigenvalue weighted by molar-refractivity contribution is 0.313. The molecule has 0 heterocycles. The summed E-state index contributed by atoms with van der Waals surface area (Å²) in [6.45, 7) is 2.34. The molecule has 0 aliphatic carbocycles. The van der Waals surface area contributed by atoms with Crippen molar-refractivity contribution in [3.05, 3.63) is 0 Å². The maximum atomic E-state index is 12.1. The van der Waals surface area contributed by atoms with E-state index in [2.05, 4.69) is 23.9 Å². The third-order valence-corrected chi connectivity index (χ3v) is 9.90. The molecule has 0 spiro atoms. The van der Waals surface area contributed by atoms with Gasteiger partial charge in [-0.2, -0.15) is 0 Å². The van der Waals surface area contributed by atoms with Crippen LogP contribution in [0.2, 0.25) is 0 Å². The summed E-state index contributed by atoms with van der Waals surface area (Å²) in [5, 5.41) is 0. The highest BCUT2D eigenvalue weighted by atomic mass is 32.7. The highest BCUT2D eigenvalue weighted by molar-refractivity contribution is 8.46. The van der Waals surface area contributed by atoms with Crippen LogP contribution in [0.3, 0.4) is 0 Å². The van der Waals surface area contributed by atoms with Gasteiger partial charge in [-0.3, -0.25) is 4.57 Å². The first kappa shape index (κ1) is 32.5. The van der Waals surface area contributed by atoms with Crippen molar-refractivity contribution in [2.45, 2.75) is 129 Å². The molecule has 32 heavy (non-hydrogen) atoms. The predicted octanol–water partition coefficient (Wildman–Crippen LogP) is 8.11. The van der Waals surface area contributed by atoms with Crippen LogP contribution in [0.1, 0.15) is 129 Å². The fraction of sp³-hybridized carbons (Fsp3) is 1.00. The summed E-state index contributed by atoms with van der Waals surface area (Å²) in [7, 11) is -3.14. The molecule has 0 aliphatic heterocycles. The largest absolute Gasteiger partial charge is 0.321 e. The monoisotopic (exact) mass is 513 g/mol. The lowest BCUT2D eigenvalue weighted by Gasteiger charge is -2.10. The normalized spacial score (nSPS) is 14.0.